The number of nitrogens with zero attached hydrogens (tertiary/aromatic N) is 2. The van der Waals surface area contributed by atoms with Crippen LogP contribution in [0.1, 0.15) is 27.8 Å². The predicted octanol–water partition coefficient (Wildman–Crippen LogP) is 4.01. The van der Waals surface area contributed by atoms with Crippen LogP contribution in [0.2, 0.25) is 0 Å². The molecule has 0 aliphatic carbocycles. The number of carbonyl (C=O) groups excluding carboxylic acids is 2. The van der Waals surface area contributed by atoms with Crippen LogP contribution in [0.5, 0.6) is 5.75 Å². The maximum Gasteiger partial charge on any atom is 0.274 e. The molecule has 0 saturated heterocycles. The van der Waals surface area contributed by atoms with Gasteiger partial charge in [0.15, 0.2) is 0 Å². The second kappa shape index (κ2) is 8.81. The van der Waals surface area contributed by atoms with Crippen LogP contribution in [0, 0.1) is 0 Å². The minimum Gasteiger partial charge on any atom is -0.492 e. The van der Waals surface area contributed by atoms with Crippen LogP contribution in [0.15, 0.2) is 72.9 Å². The summed E-state index contributed by atoms with van der Waals surface area (Å²) >= 11 is 0. The van der Waals surface area contributed by atoms with E-state index in [0.29, 0.717) is 23.6 Å². The molecule has 0 saturated carbocycles. The number of amides is 2. The summed E-state index contributed by atoms with van der Waals surface area (Å²) in [5.41, 5.74) is 1.85. The van der Waals surface area contributed by atoms with Gasteiger partial charge >= 0.3 is 0 Å². The van der Waals surface area contributed by atoms with Crippen molar-refractivity contribution in [1.82, 2.24) is 4.98 Å². The van der Waals surface area contributed by atoms with Crippen molar-refractivity contribution in [1.29, 1.82) is 0 Å². The molecule has 3 rings (SSSR count). The Morgan fingerprint density at radius 3 is 2.50 bits per heavy atom. The third kappa shape index (κ3) is 4.35. The molecule has 1 heterocycles. The number of pyridine rings is 1. The fraction of sp³-hybridized carbons (Fsp3) is 0.136. The van der Waals surface area contributed by atoms with Crippen molar-refractivity contribution in [2.24, 2.45) is 0 Å². The lowest BCUT2D eigenvalue weighted by atomic mass is 10.2. The summed E-state index contributed by atoms with van der Waals surface area (Å²) in [5, 5.41) is 2.79. The molecule has 0 fully saturated rings. The first-order valence-corrected chi connectivity index (χ1v) is 8.92. The first kappa shape index (κ1) is 19.1. The Morgan fingerprint density at radius 1 is 1.04 bits per heavy atom. The number of hydrogen-bond acceptors (Lipinski definition) is 4. The number of anilines is 2. The predicted molar refractivity (Wildman–Crippen MR) is 109 cm³/mol. The monoisotopic (exact) mass is 375 g/mol. The molecule has 142 valence electrons. The Bertz CT molecular complexity index is 974. The zero-order valence-corrected chi connectivity index (χ0v) is 15.8. The van der Waals surface area contributed by atoms with Crippen molar-refractivity contribution in [2.45, 2.75) is 6.92 Å². The topological polar surface area (TPSA) is 71.5 Å². The van der Waals surface area contributed by atoms with Crippen LogP contribution in [-0.4, -0.2) is 30.5 Å². The number of rotatable bonds is 6. The molecular weight excluding hydrogens is 354 g/mol. The van der Waals surface area contributed by atoms with Gasteiger partial charge in [0.2, 0.25) is 0 Å². The second-order valence-electron chi connectivity index (χ2n) is 6.01. The smallest absolute Gasteiger partial charge is 0.274 e. The van der Waals surface area contributed by atoms with E-state index >= 15 is 0 Å². The lowest BCUT2D eigenvalue weighted by Gasteiger charge is -2.17. The molecule has 3 aromatic rings. The highest BCUT2D eigenvalue weighted by molar-refractivity contribution is 6.08. The molecule has 1 N–H and O–H groups in total. The van der Waals surface area contributed by atoms with Crippen molar-refractivity contribution < 1.29 is 14.3 Å². The molecule has 6 nitrogen and oxygen atoms in total. The van der Waals surface area contributed by atoms with Crippen molar-refractivity contribution in [3.8, 4) is 5.75 Å². The molecule has 2 aromatic carbocycles. The molecule has 0 bridgehead atoms. The number of ether oxygens (including phenoxy) is 1. The van der Waals surface area contributed by atoms with E-state index < -0.39 is 5.91 Å². The van der Waals surface area contributed by atoms with Gasteiger partial charge < -0.3 is 15.0 Å². The van der Waals surface area contributed by atoms with Crippen molar-refractivity contribution in [3.05, 3.63) is 84.2 Å². The summed E-state index contributed by atoms with van der Waals surface area (Å²) in [6.07, 6.45) is 1.45. The second-order valence-corrected chi connectivity index (χ2v) is 6.01. The number of hydrogen-bond donors (Lipinski definition) is 1. The van der Waals surface area contributed by atoms with E-state index in [1.165, 1.54) is 17.2 Å². The van der Waals surface area contributed by atoms with Gasteiger partial charge in [-0.05, 0) is 43.3 Å². The molecule has 0 spiro atoms. The van der Waals surface area contributed by atoms with Crippen LogP contribution in [0.3, 0.4) is 0 Å². The summed E-state index contributed by atoms with van der Waals surface area (Å²) in [6.45, 7) is 2.36. The van der Waals surface area contributed by atoms with Crippen LogP contribution in [0.4, 0.5) is 11.4 Å². The van der Waals surface area contributed by atoms with Gasteiger partial charge in [-0.25, -0.2) is 0 Å². The van der Waals surface area contributed by atoms with Crippen LogP contribution in [-0.2, 0) is 0 Å². The highest BCUT2D eigenvalue weighted by atomic mass is 16.5. The number of benzene rings is 2. The van der Waals surface area contributed by atoms with E-state index in [1.54, 1.807) is 31.3 Å². The van der Waals surface area contributed by atoms with Crippen LogP contribution < -0.4 is 15.0 Å². The largest absolute Gasteiger partial charge is 0.492 e. The summed E-state index contributed by atoms with van der Waals surface area (Å²) in [7, 11) is 1.69. The third-order valence-electron chi connectivity index (χ3n) is 4.12. The lowest BCUT2D eigenvalue weighted by Crippen LogP contribution is -2.26. The fourth-order valence-electron chi connectivity index (χ4n) is 2.69. The summed E-state index contributed by atoms with van der Waals surface area (Å²) < 4.78 is 5.52. The molecule has 2 amide bonds. The number of nitrogens with one attached hydrogen (secondary N) is 1. The van der Waals surface area contributed by atoms with E-state index in [2.05, 4.69) is 10.3 Å². The van der Waals surface area contributed by atoms with Gasteiger partial charge in [0.25, 0.3) is 11.8 Å². The SMILES string of the molecule is CCOc1ccccc1NC(=O)c1cc(C(=O)N(C)c2ccccc2)ccn1. The highest BCUT2D eigenvalue weighted by Gasteiger charge is 2.17. The minimum atomic E-state index is -0.413. The normalized spacial score (nSPS) is 10.2. The summed E-state index contributed by atoms with van der Waals surface area (Å²) in [4.78, 5) is 31.0. The third-order valence-corrected chi connectivity index (χ3v) is 4.12. The zero-order valence-electron chi connectivity index (χ0n) is 15.8. The number of para-hydroxylation sites is 3. The first-order chi connectivity index (χ1) is 13.6. The molecule has 0 radical (unpaired) electrons. The Kier molecular flexibility index (Phi) is 6.01. The van der Waals surface area contributed by atoms with Gasteiger partial charge in [0.05, 0.1) is 12.3 Å². The molecular formula is C22H21N3O3. The maximum atomic E-state index is 12.8. The van der Waals surface area contributed by atoms with Crippen LogP contribution in [0.25, 0.3) is 0 Å². The quantitative estimate of drug-likeness (QED) is 0.707. The van der Waals surface area contributed by atoms with E-state index in [0.717, 1.165) is 5.69 Å². The minimum absolute atomic E-state index is 0.151. The summed E-state index contributed by atoms with van der Waals surface area (Å²) in [6, 6.07) is 19.5. The molecule has 0 aliphatic heterocycles. The van der Waals surface area contributed by atoms with E-state index in [-0.39, 0.29) is 11.6 Å². The Hall–Kier alpha value is -3.67. The Balaban J connectivity index is 1.79. The van der Waals surface area contributed by atoms with Gasteiger partial charge in [-0.15, -0.1) is 0 Å². The van der Waals surface area contributed by atoms with Gasteiger partial charge in [0.1, 0.15) is 11.4 Å². The lowest BCUT2D eigenvalue weighted by molar-refractivity contribution is 0.0993. The molecule has 0 unspecified atom stereocenters. The van der Waals surface area contributed by atoms with Gasteiger partial charge in [0, 0.05) is 24.5 Å². The Morgan fingerprint density at radius 2 is 1.75 bits per heavy atom. The van der Waals surface area contributed by atoms with E-state index in [4.69, 9.17) is 4.74 Å². The summed E-state index contributed by atoms with van der Waals surface area (Å²) in [5.74, 6) is -0.0593. The molecule has 0 aliphatic rings. The average Bonchev–Trinajstić information content (AvgIpc) is 2.75. The van der Waals surface area contributed by atoms with Crippen molar-refractivity contribution >= 4 is 23.2 Å². The van der Waals surface area contributed by atoms with Crippen molar-refractivity contribution in [2.75, 3.05) is 23.9 Å². The average molecular weight is 375 g/mol. The molecule has 1 aromatic heterocycles. The van der Waals surface area contributed by atoms with E-state index in [9.17, 15) is 9.59 Å². The zero-order chi connectivity index (χ0) is 19.9. The van der Waals surface area contributed by atoms with Gasteiger partial charge in [-0.2, -0.15) is 0 Å². The number of carbonyl (C=O) groups is 2. The van der Waals surface area contributed by atoms with E-state index in [1.807, 2.05) is 43.3 Å². The Labute approximate surface area is 163 Å². The van der Waals surface area contributed by atoms with Crippen LogP contribution >= 0.6 is 0 Å². The highest BCUT2D eigenvalue weighted by Crippen LogP contribution is 2.24. The first-order valence-electron chi connectivity index (χ1n) is 8.92. The standard InChI is InChI=1S/C22H21N3O3/c1-3-28-20-12-8-7-11-18(20)24-21(26)19-15-16(13-14-23-19)22(27)25(2)17-9-5-4-6-10-17/h4-15H,3H2,1-2H3,(H,24,26). The maximum absolute atomic E-state index is 12.8. The molecule has 28 heavy (non-hydrogen) atoms. The molecule has 6 heteroatoms. The van der Waals surface area contributed by atoms with Gasteiger partial charge in [-0.3, -0.25) is 14.6 Å². The number of aromatic nitrogens is 1. The van der Waals surface area contributed by atoms with Gasteiger partial charge in [-0.1, -0.05) is 30.3 Å². The fourth-order valence-corrected chi connectivity index (χ4v) is 2.69. The van der Waals surface area contributed by atoms with Crippen molar-refractivity contribution in [3.63, 3.8) is 0 Å². The molecule has 0 atom stereocenters.